The third-order valence-electron chi connectivity index (χ3n) is 4.75. The smallest absolute Gasteiger partial charge is 0.271 e. The molecule has 3 rings (SSSR count). The number of carbonyl (C=O) groups is 2. The number of amides is 2. The molecule has 2 aromatic rings. The minimum Gasteiger partial charge on any atom is -0.493 e. The Morgan fingerprint density at radius 1 is 0.967 bits per heavy atom. The zero-order valence-corrected chi connectivity index (χ0v) is 17.4. The van der Waals surface area contributed by atoms with Gasteiger partial charge >= 0.3 is 0 Å². The average Bonchev–Trinajstić information content (AvgIpc) is 3.61. The molecular formula is C22H25N3O5. The van der Waals surface area contributed by atoms with E-state index in [2.05, 4.69) is 15.8 Å². The molecule has 0 saturated heterocycles. The fraction of sp³-hybridized carbons (Fsp3) is 0.318. The number of rotatable bonds is 8. The van der Waals surface area contributed by atoms with Crippen molar-refractivity contribution in [1.82, 2.24) is 5.43 Å². The van der Waals surface area contributed by atoms with Crippen molar-refractivity contribution >= 4 is 23.2 Å². The van der Waals surface area contributed by atoms with Gasteiger partial charge in [0.05, 0.1) is 27.0 Å². The SMILES string of the molecule is COc1cc(C(=O)N/N=C(\C)c2cccc(NC(=O)C3CC3)c2)cc(OC)c1OC. The van der Waals surface area contributed by atoms with E-state index in [4.69, 9.17) is 14.2 Å². The Morgan fingerprint density at radius 3 is 2.20 bits per heavy atom. The van der Waals surface area contributed by atoms with Crippen LogP contribution in [0.1, 0.15) is 35.7 Å². The Bertz CT molecular complexity index is 957. The molecule has 0 aromatic heterocycles. The van der Waals surface area contributed by atoms with E-state index in [1.807, 2.05) is 24.3 Å². The molecule has 0 atom stereocenters. The lowest BCUT2D eigenvalue weighted by Gasteiger charge is -2.13. The van der Waals surface area contributed by atoms with Crippen LogP contribution in [0.2, 0.25) is 0 Å². The van der Waals surface area contributed by atoms with Gasteiger partial charge in [-0.1, -0.05) is 12.1 Å². The van der Waals surface area contributed by atoms with Gasteiger partial charge in [0.15, 0.2) is 11.5 Å². The molecule has 1 aliphatic carbocycles. The number of anilines is 1. The van der Waals surface area contributed by atoms with Crippen molar-refractivity contribution < 1.29 is 23.8 Å². The molecule has 0 heterocycles. The van der Waals surface area contributed by atoms with Crippen LogP contribution in [0.15, 0.2) is 41.5 Å². The van der Waals surface area contributed by atoms with E-state index in [1.165, 1.54) is 21.3 Å². The van der Waals surface area contributed by atoms with Gasteiger partial charge in [0.2, 0.25) is 11.7 Å². The maximum absolute atomic E-state index is 12.6. The number of methoxy groups -OCH3 is 3. The second-order valence-corrected chi connectivity index (χ2v) is 6.90. The predicted molar refractivity (Wildman–Crippen MR) is 114 cm³/mol. The van der Waals surface area contributed by atoms with Crippen molar-refractivity contribution in [1.29, 1.82) is 0 Å². The largest absolute Gasteiger partial charge is 0.493 e. The molecule has 8 nitrogen and oxygen atoms in total. The molecule has 2 N–H and O–H groups in total. The van der Waals surface area contributed by atoms with E-state index in [1.54, 1.807) is 19.1 Å². The van der Waals surface area contributed by atoms with Crippen LogP contribution in [0.25, 0.3) is 0 Å². The summed E-state index contributed by atoms with van der Waals surface area (Å²) < 4.78 is 15.8. The highest BCUT2D eigenvalue weighted by atomic mass is 16.5. The minimum atomic E-state index is -0.424. The van der Waals surface area contributed by atoms with Gasteiger partial charge in [-0.25, -0.2) is 5.43 Å². The molecule has 158 valence electrons. The molecule has 1 aliphatic rings. The number of hydrazone groups is 1. The van der Waals surface area contributed by atoms with E-state index in [0.29, 0.717) is 34.2 Å². The Morgan fingerprint density at radius 2 is 1.63 bits per heavy atom. The number of nitrogens with one attached hydrogen (secondary N) is 2. The topological polar surface area (TPSA) is 98.2 Å². The lowest BCUT2D eigenvalue weighted by molar-refractivity contribution is -0.117. The molecule has 8 heteroatoms. The van der Waals surface area contributed by atoms with Crippen molar-refractivity contribution in [2.24, 2.45) is 11.0 Å². The van der Waals surface area contributed by atoms with Crippen LogP contribution in [0.4, 0.5) is 5.69 Å². The van der Waals surface area contributed by atoms with Gasteiger partial charge in [0.1, 0.15) is 0 Å². The summed E-state index contributed by atoms with van der Waals surface area (Å²) in [5.74, 6) is 0.898. The third-order valence-corrected chi connectivity index (χ3v) is 4.75. The van der Waals surface area contributed by atoms with Crippen LogP contribution in [0.5, 0.6) is 17.2 Å². The Hall–Kier alpha value is -3.55. The second kappa shape index (κ2) is 9.30. The molecular weight excluding hydrogens is 386 g/mol. The summed E-state index contributed by atoms with van der Waals surface area (Å²) in [6.45, 7) is 1.78. The first-order valence-corrected chi connectivity index (χ1v) is 9.52. The standard InChI is InChI=1S/C22H25N3O5/c1-13(15-6-5-7-17(10-15)23-21(26)14-8-9-14)24-25-22(27)16-11-18(28-2)20(30-4)19(12-16)29-3/h5-7,10-12,14H,8-9H2,1-4H3,(H,23,26)(H,25,27)/b24-13+. The number of nitrogens with zero attached hydrogens (tertiary/aromatic N) is 1. The van der Waals surface area contributed by atoms with Crippen molar-refractivity contribution in [2.75, 3.05) is 26.6 Å². The molecule has 0 unspecified atom stereocenters. The first-order chi connectivity index (χ1) is 14.5. The Balaban J connectivity index is 1.73. The zero-order valence-electron chi connectivity index (χ0n) is 17.4. The highest BCUT2D eigenvalue weighted by Gasteiger charge is 2.29. The van der Waals surface area contributed by atoms with Gasteiger partial charge in [0.25, 0.3) is 5.91 Å². The molecule has 30 heavy (non-hydrogen) atoms. The number of hydrogen-bond donors (Lipinski definition) is 2. The van der Waals surface area contributed by atoms with Gasteiger partial charge in [-0.3, -0.25) is 9.59 Å². The van der Waals surface area contributed by atoms with Crippen molar-refractivity contribution in [3.05, 3.63) is 47.5 Å². The highest BCUT2D eigenvalue weighted by molar-refractivity contribution is 6.02. The molecule has 0 aliphatic heterocycles. The van der Waals surface area contributed by atoms with Crippen LogP contribution < -0.4 is 25.0 Å². The molecule has 0 spiro atoms. The normalized spacial score (nSPS) is 13.4. The molecule has 2 aromatic carbocycles. The summed E-state index contributed by atoms with van der Waals surface area (Å²) in [5, 5.41) is 7.09. The van der Waals surface area contributed by atoms with Crippen LogP contribution in [-0.4, -0.2) is 38.9 Å². The minimum absolute atomic E-state index is 0.0393. The van der Waals surface area contributed by atoms with Crippen LogP contribution >= 0.6 is 0 Å². The maximum Gasteiger partial charge on any atom is 0.271 e. The molecule has 0 bridgehead atoms. The number of benzene rings is 2. The molecule has 1 fully saturated rings. The van der Waals surface area contributed by atoms with E-state index in [0.717, 1.165) is 18.4 Å². The average molecular weight is 411 g/mol. The Labute approximate surface area is 175 Å². The predicted octanol–water partition coefficient (Wildman–Crippen LogP) is 3.21. The summed E-state index contributed by atoms with van der Waals surface area (Å²) in [6, 6.07) is 10.4. The van der Waals surface area contributed by atoms with Crippen LogP contribution in [0, 0.1) is 5.92 Å². The maximum atomic E-state index is 12.6. The molecule has 0 radical (unpaired) electrons. The first-order valence-electron chi connectivity index (χ1n) is 9.52. The zero-order chi connectivity index (χ0) is 21.7. The number of ether oxygens (including phenoxy) is 3. The van der Waals surface area contributed by atoms with Gasteiger partial charge in [0, 0.05) is 17.2 Å². The quantitative estimate of drug-likeness (QED) is 0.513. The fourth-order valence-electron chi connectivity index (χ4n) is 2.89. The fourth-order valence-corrected chi connectivity index (χ4v) is 2.89. The van der Waals surface area contributed by atoms with Crippen molar-refractivity contribution in [2.45, 2.75) is 19.8 Å². The van der Waals surface area contributed by atoms with Gasteiger partial charge in [-0.05, 0) is 49.6 Å². The van der Waals surface area contributed by atoms with Gasteiger partial charge < -0.3 is 19.5 Å². The lowest BCUT2D eigenvalue weighted by atomic mass is 10.1. The third kappa shape index (κ3) is 4.89. The highest BCUT2D eigenvalue weighted by Crippen LogP contribution is 2.38. The molecule has 2 amide bonds. The lowest BCUT2D eigenvalue weighted by Crippen LogP contribution is -2.19. The van der Waals surface area contributed by atoms with E-state index >= 15 is 0 Å². The van der Waals surface area contributed by atoms with E-state index in [-0.39, 0.29) is 11.8 Å². The summed E-state index contributed by atoms with van der Waals surface area (Å²) in [6.07, 6.45) is 1.89. The van der Waals surface area contributed by atoms with Crippen LogP contribution in [0.3, 0.4) is 0 Å². The summed E-state index contributed by atoms with van der Waals surface area (Å²) >= 11 is 0. The summed E-state index contributed by atoms with van der Waals surface area (Å²) in [5.41, 5.74) is 4.93. The van der Waals surface area contributed by atoms with E-state index < -0.39 is 5.91 Å². The monoisotopic (exact) mass is 411 g/mol. The number of carbonyl (C=O) groups excluding carboxylic acids is 2. The second-order valence-electron chi connectivity index (χ2n) is 6.90. The molecule has 1 saturated carbocycles. The van der Waals surface area contributed by atoms with Gasteiger partial charge in [-0.15, -0.1) is 0 Å². The van der Waals surface area contributed by atoms with Crippen molar-refractivity contribution in [3.63, 3.8) is 0 Å². The Kier molecular flexibility index (Phi) is 6.56. The summed E-state index contributed by atoms with van der Waals surface area (Å²) in [7, 11) is 4.46. The summed E-state index contributed by atoms with van der Waals surface area (Å²) in [4.78, 5) is 24.5. The van der Waals surface area contributed by atoms with Crippen LogP contribution in [-0.2, 0) is 4.79 Å². The number of hydrogen-bond acceptors (Lipinski definition) is 6. The van der Waals surface area contributed by atoms with Gasteiger partial charge in [-0.2, -0.15) is 5.10 Å². The van der Waals surface area contributed by atoms with E-state index in [9.17, 15) is 9.59 Å². The first kappa shape index (κ1) is 21.2. The van der Waals surface area contributed by atoms with Crippen molar-refractivity contribution in [3.8, 4) is 17.2 Å².